The summed E-state index contributed by atoms with van der Waals surface area (Å²) in [5.74, 6) is 0.744. The summed E-state index contributed by atoms with van der Waals surface area (Å²) in [5, 5.41) is 0. The van der Waals surface area contributed by atoms with Crippen molar-refractivity contribution >= 4 is 23.1 Å². The van der Waals surface area contributed by atoms with Gasteiger partial charge in [-0.05, 0) is 36.5 Å². The van der Waals surface area contributed by atoms with Gasteiger partial charge in [-0.3, -0.25) is 0 Å². The number of hydrogen-bond acceptors (Lipinski definition) is 4. The molecule has 2 aromatic heterocycles. The Kier molecular flexibility index (Phi) is 4.46. The van der Waals surface area contributed by atoms with Crippen LogP contribution in [0, 0.1) is 11.3 Å². The van der Waals surface area contributed by atoms with Crippen LogP contribution in [0.25, 0.3) is 22.4 Å². The lowest BCUT2D eigenvalue weighted by Crippen LogP contribution is -2.18. The summed E-state index contributed by atoms with van der Waals surface area (Å²) < 4.78 is 0. The van der Waals surface area contributed by atoms with Crippen molar-refractivity contribution < 1.29 is 4.79 Å². The first-order valence-electron chi connectivity index (χ1n) is 9.60. The highest BCUT2D eigenvalue weighted by atomic mass is 16.1. The average Bonchev–Trinajstić information content (AvgIpc) is 3.28. The van der Waals surface area contributed by atoms with E-state index in [9.17, 15) is 4.79 Å². The van der Waals surface area contributed by atoms with Crippen molar-refractivity contribution in [1.29, 1.82) is 0 Å². The number of aldehydes is 1. The third kappa shape index (κ3) is 3.59. The van der Waals surface area contributed by atoms with E-state index in [4.69, 9.17) is 4.98 Å². The van der Waals surface area contributed by atoms with Gasteiger partial charge in [-0.2, -0.15) is 0 Å². The minimum atomic E-state index is -0.417. The van der Waals surface area contributed by atoms with E-state index in [0.717, 1.165) is 53.3 Å². The van der Waals surface area contributed by atoms with Gasteiger partial charge in [0.25, 0.3) is 0 Å². The Balaban J connectivity index is 1.69. The van der Waals surface area contributed by atoms with Gasteiger partial charge in [0.15, 0.2) is 5.65 Å². The Morgan fingerprint density at radius 3 is 2.96 bits per heavy atom. The predicted molar refractivity (Wildman–Crippen MR) is 109 cm³/mol. The topological polar surface area (TPSA) is 61.9 Å². The number of rotatable bonds is 5. The Morgan fingerprint density at radius 2 is 2.22 bits per heavy atom. The van der Waals surface area contributed by atoms with Gasteiger partial charge in [0, 0.05) is 36.0 Å². The van der Waals surface area contributed by atoms with Gasteiger partial charge in [-0.15, -0.1) is 0 Å². The zero-order chi connectivity index (χ0) is 19.0. The number of fused-ring (bicyclic) bond motifs is 1. The van der Waals surface area contributed by atoms with Crippen LogP contribution in [0.3, 0.4) is 0 Å². The lowest BCUT2D eigenvalue weighted by molar-refractivity contribution is -0.114. The van der Waals surface area contributed by atoms with Crippen LogP contribution in [0.1, 0.15) is 32.8 Å². The molecule has 140 valence electrons. The summed E-state index contributed by atoms with van der Waals surface area (Å²) in [6, 6.07) is 8.55. The van der Waals surface area contributed by atoms with Crippen molar-refractivity contribution in [2.24, 2.45) is 11.3 Å². The minimum Gasteiger partial charge on any atom is -0.371 e. The Bertz CT molecular complexity index is 975. The summed E-state index contributed by atoms with van der Waals surface area (Å²) in [6.07, 6.45) is 6.63. The molecule has 5 heteroatoms. The van der Waals surface area contributed by atoms with Crippen molar-refractivity contribution in [1.82, 2.24) is 15.0 Å². The second-order valence-electron chi connectivity index (χ2n) is 8.44. The molecule has 1 N–H and O–H groups in total. The summed E-state index contributed by atoms with van der Waals surface area (Å²) in [4.78, 5) is 26.4. The van der Waals surface area contributed by atoms with Crippen LogP contribution in [0.2, 0.25) is 0 Å². The van der Waals surface area contributed by atoms with Crippen LogP contribution in [0.4, 0.5) is 5.69 Å². The van der Waals surface area contributed by atoms with E-state index in [0.29, 0.717) is 6.42 Å². The summed E-state index contributed by atoms with van der Waals surface area (Å²) in [7, 11) is 0. The van der Waals surface area contributed by atoms with Crippen LogP contribution in [-0.4, -0.2) is 34.3 Å². The molecule has 1 aromatic carbocycles. The van der Waals surface area contributed by atoms with E-state index >= 15 is 0 Å². The van der Waals surface area contributed by atoms with E-state index < -0.39 is 5.41 Å². The molecule has 0 radical (unpaired) electrons. The van der Waals surface area contributed by atoms with Gasteiger partial charge in [-0.25, -0.2) is 9.97 Å². The number of nitrogens with zero attached hydrogens (tertiary/aromatic N) is 3. The zero-order valence-corrected chi connectivity index (χ0v) is 16.2. The number of anilines is 1. The highest BCUT2D eigenvalue weighted by Gasteiger charge is 2.21. The molecular formula is C22H26N4O. The number of carbonyl (C=O) groups is 1. The molecule has 0 aliphatic carbocycles. The molecule has 1 aliphatic heterocycles. The van der Waals surface area contributed by atoms with E-state index in [1.807, 2.05) is 26.2 Å². The molecule has 27 heavy (non-hydrogen) atoms. The van der Waals surface area contributed by atoms with E-state index in [1.54, 1.807) is 0 Å². The highest BCUT2D eigenvalue weighted by Crippen LogP contribution is 2.29. The summed E-state index contributed by atoms with van der Waals surface area (Å²) >= 11 is 0. The smallest absolute Gasteiger partial charge is 0.156 e. The van der Waals surface area contributed by atoms with Crippen molar-refractivity contribution in [3.8, 4) is 11.3 Å². The quantitative estimate of drug-likeness (QED) is 0.690. The lowest BCUT2D eigenvalue weighted by Gasteiger charge is -2.19. The fraction of sp³-hybridized carbons (Fsp3) is 0.409. The Labute approximate surface area is 159 Å². The first-order valence-corrected chi connectivity index (χ1v) is 9.60. The monoisotopic (exact) mass is 362 g/mol. The molecule has 1 aliphatic rings. The van der Waals surface area contributed by atoms with Gasteiger partial charge in [0.2, 0.25) is 0 Å². The fourth-order valence-corrected chi connectivity index (χ4v) is 3.78. The molecule has 5 nitrogen and oxygen atoms in total. The van der Waals surface area contributed by atoms with E-state index in [2.05, 4.69) is 46.1 Å². The first kappa shape index (κ1) is 17.7. The van der Waals surface area contributed by atoms with E-state index in [1.165, 1.54) is 12.1 Å². The predicted octanol–water partition coefficient (Wildman–Crippen LogP) is 4.24. The minimum absolute atomic E-state index is 0.417. The normalized spacial score (nSPS) is 17.6. The van der Waals surface area contributed by atoms with Gasteiger partial charge in [0.05, 0.1) is 11.9 Å². The Morgan fingerprint density at radius 1 is 1.37 bits per heavy atom. The van der Waals surface area contributed by atoms with Crippen molar-refractivity contribution in [2.45, 2.75) is 33.6 Å². The largest absolute Gasteiger partial charge is 0.371 e. The second-order valence-corrected chi connectivity index (χ2v) is 8.44. The maximum Gasteiger partial charge on any atom is 0.156 e. The van der Waals surface area contributed by atoms with Crippen molar-refractivity contribution in [2.75, 3.05) is 18.0 Å². The third-order valence-corrected chi connectivity index (χ3v) is 5.36. The van der Waals surface area contributed by atoms with Crippen LogP contribution in [0.5, 0.6) is 0 Å². The Hall–Kier alpha value is -2.69. The van der Waals surface area contributed by atoms with Gasteiger partial charge in [0.1, 0.15) is 11.8 Å². The van der Waals surface area contributed by atoms with Crippen LogP contribution in [0.15, 0.2) is 36.7 Å². The van der Waals surface area contributed by atoms with Crippen molar-refractivity contribution in [3.63, 3.8) is 0 Å². The number of benzene rings is 1. The molecule has 3 heterocycles. The zero-order valence-electron chi connectivity index (χ0n) is 16.2. The first-order chi connectivity index (χ1) is 12.9. The summed E-state index contributed by atoms with van der Waals surface area (Å²) in [5.41, 5.74) is 5.41. The molecule has 0 saturated carbocycles. The molecule has 1 saturated heterocycles. The molecule has 4 rings (SSSR count). The molecule has 0 amide bonds. The highest BCUT2D eigenvalue weighted by molar-refractivity contribution is 5.79. The van der Waals surface area contributed by atoms with Gasteiger partial charge < -0.3 is 14.7 Å². The maximum atomic E-state index is 11.3. The molecular weight excluding hydrogens is 336 g/mol. The van der Waals surface area contributed by atoms with Crippen LogP contribution >= 0.6 is 0 Å². The number of aromatic amines is 1. The van der Waals surface area contributed by atoms with Crippen molar-refractivity contribution in [3.05, 3.63) is 42.2 Å². The number of hydrogen-bond donors (Lipinski definition) is 1. The molecule has 3 aromatic rings. The molecule has 1 unspecified atom stereocenters. The number of aromatic nitrogens is 3. The van der Waals surface area contributed by atoms with Gasteiger partial charge >= 0.3 is 0 Å². The second kappa shape index (κ2) is 6.80. The van der Waals surface area contributed by atoms with Gasteiger partial charge in [-0.1, -0.05) is 32.9 Å². The number of H-pyrrole nitrogens is 1. The molecule has 1 fully saturated rings. The van der Waals surface area contributed by atoms with Crippen LogP contribution in [-0.2, 0) is 11.2 Å². The third-order valence-electron chi connectivity index (χ3n) is 5.36. The standard InChI is InChI=1S/C22H26N4O/c1-15-7-8-26(13-15)18-6-4-5-16(9-18)19-12-24-21-20(25-19)17(11-23-21)10-22(2,3)14-27/h4-6,9,11-12,14-15H,7-8,10,13H2,1-3H3,(H,23,24). The maximum absolute atomic E-state index is 11.3. The average molecular weight is 362 g/mol. The summed E-state index contributed by atoms with van der Waals surface area (Å²) in [6.45, 7) is 8.40. The molecule has 0 spiro atoms. The molecule has 1 atom stereocenters. The number of carbonyl (C=O) groups excluding carboxylic acids is 1. The molecule has 0 bridgehead atoms. The number of nitrogens with one attached hydrogen (secondary N) is 1. The van der Waals surface area contributed by atoms with E-state index in [-0.39, 0.29) is 0 Å². The van der Waals surface area contributed by atoms with Crippen LogP contribution < -0.4 is 4.90 Å². The fourth-order valence-electron chi connectivity index (χ4n) is 3.78. The lowest BCUT2D eigenvalue weighted by atomic mass is 9.88. The SMILES string of the molecule is CC1CCN(c2cccc(-c3cnc4[nH]cc(CC(C)(C)C=O)c4n3)c2)C1.